The minimum Gasteiger partial charge on any atom is -0.259 e. The Morgan fingerprint density at radius 1 is 1.14 bits per heavy atom. The van der Waals surface area contributed by atoms with Crippen LogP contribution in [0, 0.1) is 17.0 Å². The van der Waals surface area contributed by atoms with Gasteiger partial charge in [-0.3, -0.25) is 10.1 Å². The maximum Gasteiger partial charge on any atom is 0.254 e. The number of halogens is 2. The van der Waals surface area contributed by atoms with Crippen molar-refractivity contribution in [3.63, 3.8) is 0 Å². The third-order valence-electron chi connectivity index (χ3n) is 4.02. The number of hydrogen-bond donors (Lipinski definition) is 0. The molecule has 1 unspecified atom stereocenters. The van der Waals surface area contributed by atoms with Crippen molar-refractivity contribution in [2.45, 2.75) is 19.3 Å². The van der Waals surface area contributed by atoms with E-state index in [0.717, 1.165) is 25.6 Å². The van der Waals surface area contributed by atoms with Crippen LogP contribution >= 0.6 is 31.9 Å². The van der Waals surface area contributed by atoms with Crippen molar-refractivity contribution in [3.05, 3.63) is 83.4 Å². The van der Waals surface area contributed by atoms with Gasteiger partial charge in [0, 0.05) is 15.0 Å². The molecule has 0 N–H and O–H groups in total. The van der Waals surface area contributed by atoms with E-state index in [0.29, 0.717) is 6.42 Å². The summed E-state index contributed by atoms with van der Waals surface area (Å²) in [5.74, 6) is -0.213. The summed E-state index contributed by atoms with van der Waals surface area (Å²) in [5, 5.41) is 11.5. The van der Waals surface area contributed by atoms with Gasteiger partial charge in [-0.2, -0.15) is 0 Å². The highest BCUT2D eigenvalue weighted by molar-refractivity contribution is 9.10. The number of nitro groups is 1. The second-order valence-corrected chi connectivity index (χ2v) is 7.26. The first-order chi connectivity index (χ1) is 10.5. The molecule has 5 heteroatoms. The molecule has 1 aliphatic carbocycles. The lowest BCUT2D eigenvalue weighted by Crippen LogP contribution is -2.18. The smallest absolute Gasteiger partial charge is 0.254 e. The van der Waals surface area contributed by atoms with Crippen LogP contribution in [0.2, 0.25) is 0 Å². The standard InChI is InChI=1S/C17H13Br2NO2/c1-10-6-14(19)7-12-8-17(20(21)22)16(9-15(10)12)11-2-4-13(18)5-3-11/h2-8,16H,9H2,1H3. The molecule has 0 saturated carbocycles. The summed E-state index contributed by atoms with van der Waals surface area (Å²) >= 11 is 6.87. The Morgan fingerprint density at radius 3 is 2.45 bits per heavy atom. The van der Waals surface area contributed by atoms with Crippen LogP contribution in [-0.4, -0.2) is 4.92 Å². The third-order valence-corrected chi connectivity index (χ3v) is 5.01. The monoisotopic (exact) mass is 421 g/mol. The first-order valence-electron chi connectivity index (χ1n) is 6.86. The van der Waals surface area contributed by atoms with E-state index in [1.165, 1.54) is 5.56 Å². The summed E-state index contributed by atoms with van der Waals surface area (Å²) in [6, 6.07) is 11.8. The molecule has 0 aromatic heterocycles. The number of rotatable bonds is 2. The molecule has 0 heterocycles. The van der Waals surface area contributed by atoms with Gasteiger partial charge in [-0.25, -0.2) is 0 Å². The van der Waals surface area contributed by atoms with E-state index in [2.05, 4.69) is 37.9 Å². The van der Waals surface area contributed by atoms with Crippen LogP contribution in [0.1, 0.15) is 28.2 Å². The zero-order valence-electron chi connectivity index (χ0n) is 11.8. The number of fused-ring (bicyclic) bond motifs is 1. The van der Waals surface area contributed by atoms with Crippen molar-refractivity contribution in [2.75, 3.05) is 0 Å². The van der Waals surface area contributed by atoms with Crippen molar-refractivity contribution in [1.82, 2.24) is 0 Å². The van der Waals surface area contributed by atoms with Gasteiger partial charge < -0.3 is 0 Å². The fraction of sp³-hybridized carbons (Fsp3) is 0.176. The lowest BCUT2D eigenvalue weighted by molar-refractivity contribution is -0.428. The van der Waals surface area contributed by atoms with Crippen LogP contribution in [-0.2, 0) is 6.42 Å². The summed E-state index contributed by atoms with van der Waals surface area (Å²) in [4.78, 5) is 11.2. The Kier molecular flexibility index (Phi) is 4.19. The Balaban J connectivity index is 2.13. The van der Waals surface area contributed by atoms with Gasteiger partial charge in [-0.05, 0) is 59.9 Å². The van der Waals surface area contributed by atoms with Gasteiger partial charge in [-0.15, -0.1) is 0 Å². The Hall–Kier alpha value is -1.46. The van der Waals surface area contributed by atoms with Gasteiger partial charge in [-0.1, -0.05) is 44.0 Å². The molecule has 0 bridgehead atoms. The average Bonchev–Trinajstić information content (AvgIpc) is 2.47. The zero-order chi connectivity index (χ0) is 15.9. The number of hydrogen-bond acceptors (Lipinski definition) is 2. The highest BCUT2D eigenvalue weighted by atomic mass is 79.9. The minimum atomic E-state index is -0.258. The van der Waals surface area contributed by atoms with Gasteiger partial charge >= 0.3 is 0 Å². The maximum atomic E-state index is 11.5. The molecule has 0 fully saturated rings. The topological polar surface area (TPSA) is 43.1 Å². The van der Waals surface area contributed by atoms with E-state index in [1.54, 1.807) is 6.08 Å². The number of nitrogens with zero attached hydrogens (tertiary/aromatic N) is 1. The van der Waals surface area contributed by atoms with Crippen LogP contribution in [0.3, 0.4) is 0 Å². The summed E-state index contributed by atoms with van der Waals surface area (Å²) in [5.41, 5.74) is 4.50. The van der Waals surface area contributed by atoms with Crippen LogP contribution in [0.25, 0.3) is 6.08 Å². The summed E-state index contributed by atoms with van der Waals surface area (Å²) in [6.45, 7) is 2.05. The first kappa shape index (κ1) is 15.4. The van der Waals surface area contributed by atoms with Crippen LogP contribution in [0.5, 0.6) is 0 Å². The molecule has 112 valence electrons. The number of benzene rings is 2. The average molecular weight is 423 g/mol. The number of allylic oxidation sites excluding steroid dienone is 1. The Labute approximate surface area is 145 Å². The van der Waals surface area contributed by atoms with Gasteiger partial charge in [0.1, 0.15) is 0 Å². The van der Waals surface area contributed by atoms with Crippen LogP contribution < -0.4 is 0 Å². The second-order valence-electron chi connectivity index (χ2n) is 5.43. The molecule has 1 aliphatic rings. The predicted octanol–water partition coefficient (Wildman–Crippen LogP) is 5.48. The molecule has 22 heavy (non-hydrogen) atoms. The second kappa shape index (κ2) is 5.97. The van der Waals surface area contributed by atoms with Gasteiger partial charge in [0.25, 0.3) is 5.70 Å². The SMILES string of the molecule is Cc1cc(Br)cc2c1CC(c1ccc(Br)cc1)C([N+](=O)[O-])=C2. The molecule has 0 aliphatic heterocycles. The largest absolute Gasteiger partial charge is 0.259 e. The Morgan fingerprint density at radius 2 is 1.82 bits per heavy atom. The predicted molar refractivity (Wildman–Crippen MR) is 94.4 cm³/mol. The van der Waals surface area contributed by atoms with Gasteiger partial charge in [0.05, 0.1) is 10.8 Å². The van der Waals surface area contributed by atoms with E-state index in [1.807, 2.05) is 37.3 Å². The maximum absolute atomic E-state index is 11.5. The molecule has 3 nitrogen and oxygen atoms in total. The van der Waals surface area contributed by atoms with Crippen LogP contribution in [0.4, 0.5) is 0 Å². The molecule has 0 spiro atoms. The van der Waals surface area contributed by atoms with Crippen molar-refractivity contribution in [3.8, 4) is 0 Å². The van der Waals surface area contributed by atoms with E-state index in [9.17, 15) is 10.1 Å². The fourth-order valence-corrected chi connectivity index (χ4v) is 3.79. The van der Waals surface area contributed by atoms with Crippen molar-refractivity contribution < 1.29 is 4.92 Å². The molecule has 0 radical (unpaired) electrons. The lowest BCUT2D eigenvalue weighted by Gasteiger charge is -2.23. The molecule has 2 aromatic carbocycles. The summed E-state index contributed by atoms with van der Waals surface area (Å²) in [7, 11) is 0. The molecular weight excluding hydrogens is 410 g/mol. The zero-order valence-corrected chi connectivity index (χ0v) is 15.0. The molecular formula is C17H13Br2NO2. The van der Waals surface area contributed by atoms with Crippen LogP contribution in [0.15, 0.2) is 51.0 Å². The van der Waals surface area contributed by atoms with Crippen molar-refractivity contribution >= 4 is 37.9 Å². The molecule has 3 rings (SSSR count). The van der Waals surface area contributed by atoms with E-state index >= 15 is 0 Å². The molecule has 2 aromatic rings. The highest BCUT2D eigenvalue weighted by Gasteiger charge is 2.32. The fourth-order valence-electron chi connectivity index (χ4n) is 2.94. The molecule has 0 saturated heterocycles. The third kappa shape index (κ3) is 2.88. The number of aryl methyl sites for hydroxylation is 1. The van der Waals surface area contributed by atoms with E-state index in [4.69, 9.17) is 0 Å². The summed E-state index contributed by atoms with van der Waals surface area (Å²) < 4.78 is 1.92. The quantitative estimate of drug-likeness (QED) is 0.475. The minimum absolute atomic E-state index is 0.213. The molecule has 1 atom stereocenters. The first-order valence-corrected chi connectivity index (χ1v) is 8.45. The Bertz CT molecular complexity index is 782. The van der Waals surface area contributed by atoms with Gasteiger partial charge in [0.2, 0.25) is 0 Å². The highest BCUT2D eigenvalue weighted by Crippen LogP contribution is 2.38. The van der Waals surface area contributed by atoms with E-state index < -0.39 is 0 Å². The van der Waals surface area contributed by atoms with Crippen molar-refractivity contribution in [2.24, 2.45) is 0 Å². The molecule has 0 amide bonds. The normalized spacial score (nSPS) is 16.9. The van der Waals surface area contributed by atoms with Gasteiger partial charge in [0.15, 0.2) is 0 Å². The van der Waals surface area contributed by atoms with Crippen molar-refractivity contribution in [1.29, 1.82) is 0 Å². The van der Waals surface area contributed by atoms with E-state index in [-0.39, 0.29) is 16.5 Å². The lowest BCUT2D eigenvalue weighted by atomic mass is 9.81. The summed E-state index contributed by atoms with van der Waals surface area (Å²) in [6.07, 6.45) is 2.37.